The monoisotopic (exact) mass is 273 g/mol. The molecular weight excluding hydrogens is 258 g/mol. The zero-order chi connectivity index (χ0) is 12.3. The van der Waals surface area contributed by atoms with Crippen LogP contribution < -0.4 is 5.06 Å². The Balaban J connectivity index is 2.19. The maximum atomic E-state index is 11.6. The number of anilines is 1. The summed E-state index contributed by atoms with van der Waals surface area (Å²) in [6.07, 6.45) is 0.562. The highest BCUT2D eigenvalue weighted by molar-refractivity contribution is 7.99. The first kappa shape index (κ1) is 12.7. The van der Waals surface area contributed by atoms with Crippen LogP contribution >= 0.6 is 11.8 Å². The zero-order valence-corrected chi connectivity index (χ0v) is 11.3. The summed E-state index contributed by atoms with van der Waals surface area (Å²) < 4.78 is 28.4. The molecule has 0 saturated heterocycles. The predicted octanol–water partition coefficient (Wildman–Crippen LogP) is 2.27. The molecule has 1 aliphatic rings. The first-order chi connectivity index (χ1) is 8.12. The lowest BCUT2D eigenvalue weighted by molar-refractivity contribution is 0.286. The van der Waals surface area contributed by atoms with Gasteiger partial charge in [0.1, 0.15) is 0 Å². The largest absolute Gasteiger partial charge is 0.288 e. The van der Waals surface area contributed by atoms with Crippen LogP contribution in [0.15, 0.2) is 29.2 Å². The topological polar surface area (TPSA) is 46.6 Å². The van der Waals surface area contributed by atoms with Gasteiger partial charge in [-0.1, -0.05) is 19.1 Å². The van der Waals surface area contributed by atoms with Crippen molar-refractivity contribution in [1.29, 1.82) is 0 Å². The minimum Gasteiger partial charge on any atom is -0.235 e. The molecule has 0 N–H and O–H groups in total. The highest BCUT2D eigenvalue weighted by Gasteiger charge is 2.22. The number of benzene rings is 1. The summed E-state index contributed by atoms with van der Waals surface area (Å²) in [7, 11) is -3.46. The number of rotatable bonds is 4. The van der Waals surface area contributed by atoms with Gasteiger partial charge in [0, 0.05) is 10.6 Å². The molecule has 0 bridgehead atoms. The standard InChI is InChI=1S/C11H15NO3S2/c1-2-9-17(13,14)15-12-7-8-16-11-6-4-3-5-10(11)12/h3-6H,2,7-9H2,1H3. The predicted molar refractivity (Wildman–Crippen MR) is 69.7 cm³/mol. The number of hydrogen-bond donors (Lipinski definition) is 0. The van der Waals surface area contributed by atoms with E-state index in [-0.39, 0.29) is 5.75 Å². The summed E-state index contributed by atoms with van der Waals surface area (Å²) in [5, 5.41) is 1.48. The molecule has 0 spiro atoms. The molecule has 0 aromatic heterocycles. The van der Waals surface area contributed by atoms with Crippen molar-refractivity contribution in [1.82, 2.24) is 0 Å². The Kier molecular flexibility index (Phi) is 3.96. The summed E-state index contributed by atoms with van der Waals surface area (Å²) in [4.78, 5) is 1.06. The molecule has 0 amide bonds. The number of hydroxylamine groups is 1. The van der Waals surface area contributed by atoms with Crippen molar-refractivity contribution in [3.05, 3.63) is 24.3 Å². The highest BCUT2D eigenvalue weighted by Crippen LogP contribution is 2.34. The van der Waals surface area contributed by atoms with Gasteiger partial charge in [-0.05, 0) is 18.6 Å². The first-order valence-electron chi connectivity index (χ1n) is 5.54. The number of hydrogen-bond acceptors (Lipinski definition) is 5. The van der Waals surface area contributed by atoms with Crippen molar-refractivity contribution in [3.8, 4) is 0 Å². The minimum atomic E-state index is -3.46. The third-order valence-corrected chi connectivity index (χ3v) is 4.70. The fourth-order valence-electron chi connectivity index (χ4n) is 1.65. The van der Waals surface area contributed by atoms with Gasteiger partial charge in [0.05, 0.1) is 18.0 Å². The molecule has 0 saturated carbocycles. The molecule has 17 heavy (non-hydrogen) atoms. The van der Waals surface area contributed by atoms with E-state index in [2.05, 4.69) is 0 Å². The quantitative estimate of drug-likeness (QED) is 0.842. The summed E-state index contributed by atoms with van der Waals surface area (Å²) in [5.74, 6) is 0.886. The van der Waals surface area contributed by atoms with Crippen molar-refractivity contribution in [2.45, 2.75) is 18.2 Å². The van der Waals surface area contributed by atoms with Crippen LogP contribution in [0.5, 0.6) is 0 Å². The molecule has 2 rings (SSSR count). The lowest BCUT2D eigenvalue weighted by Crippen LogP contribution is -2.32. The van der Waals surface area contributed by atoms with Crippen LogP contribution in [0, 0.1) is 0 Å². The van der Waals surface area contributed by atoms with Crippen LogP contribution in [0.4, 0.5) is 5.69 Å². The number of nitrogens with zero attached hydrogens (tertiary/aromatic N) is 1. The Morgan fingerprint density at radius 1 is 1.41 bits per heavy atom. The summed E-state index contributed by atoms with van der Waals surface area (Å²) >= 11 is 1.72. The van der Waals surface area contributed by atoms with E-state index in [0.717, 1.165) is 16.3 Å². The van der Waals surface area contributed by atoms with Gasteiger partial charge in [0.2, 0.25) is 0 Å². The van der Waals surface area contributed by atoms with E-state index in [0.29, 0.717) is 13.0 Å². The lowest BCUT2D eigenvalue weighted by atomic mass is 10.3. The van der Waals surface area contributed by atoms with Gasteiger partial charge in [0.25, 0.3) is 10.1 Å². The zero-order valence-electron chi connectivity index (χ0n) is 9.63. The summed E-state index contributed by atoms with van der Waals surface area (Å²) in [6.45, 7) is 2.41. The van der Waals surface area contributed by atoms with Crippen LogP contribution in [0.2, 0.25) is 0 Å². The van der Waals surface area contributed by atoms with E-state index in [1.807, 2.05) is 31.2 Å². The fraction of sp³-hybridized carbons (Fsp3) is 0.455. The highest BCUT2D eigenvalue weighted by atomic mass is 32.2. The maximum Gasteiger partial charge on any atom is 0.288 e. The number of para-hydroxylation sites is 1. The smallest absolute Gasteiger partial charge is 0.235 e. The molecule has 0 fully saturated rings. The van der Waals surface area contributed by atoms with Gasteiger partial charge in [0.15, 0.2) is 0 Å². The van der Waals surface area contributed by atoms with E-state index < -0.39 is 10.1 Å². The Labute approximate surface area is 106 Å². The maximum absolute atomic E-state index is 11.6. The Morgan fingerprint density at radius 3 is 2.94 bits per heavy atom. The average Bonchev–Trinajstić information content (AvgIpc) is 2.29. The van der Waals surface area contributed by atoms with E-state index in [9.17, 15) is 8.42 Å². The number of fused-ring (bicyclic) bond motifs is 1. The van der Waals surface area contributed by atoms with Crippen molar-refractivity contribution in [2.24, 2.45) is 0 Å². The van der Waals surface area contributed by atoms with Crippen molar-refractivity contribution in [3.63, 3.8) is 0 Å². The van der Waals surface area contributed by atoms with Crippen LogP contribution in [0.3, 0.4) is 0 Å². The molecule has 0 atom stereocenters. The Bertz CT molecular complexity index is 487. The van der Waals surface area contributed by atoms with Crippen LogP contribution in [-0.4, -0.2) is 26.5 Å². The van der Waals surface area contributed by atoms with E-state index >= 15 is 0 Å². The summed E-state index contributed by atoms with van der Waals surface area (Å²) in [5.41, 5.74) is 0.837. The Morgan fingerprint density at radius 2 is 2.18 bits per heavy atom. The van der Waals surface area contributed by atoms with Crippen molar-refractivity contribution < 1.29 is 12.7 Å². The molecule has 1 aliphatic heterocycles. The lowest BCUT2D eigenvalue weighted by Gasteiger charge is -2.28. The van der Waals surface area contributed by atoms with Gasteiger partial charge in [-0.25, -0.2) is 5.06 Å². The molecule has 0 aliphatic carbocycles. The van der Waals surface area contributed by atoms with Crippen LogP contribution in [-0.2, 0) is 14.4 Å². The van der Waals surface area contributed by atoms with Crippen LogP contribution in [0.1, 0.15) is 13.3 Å². The first-order valence-corrected chi connectivity index (χ1v) is 8.10. The second-order valence-electron chi connectivity index (χ2n) is 3.75. The molecule has 6 heteroatoms. The van der Waals surface area contributed by atoms with E-state index in [1.54, 1.807) is 11.8 Å². The fourth-order valence-corrected chi connectivity index (χ4v) is 3.62. The molecule has 1 heterocycles. The third kappa shape index (κ3) is 3.14. The van der Waals surface area contributed by atoms with Crippen LogP contribution in [0.25, 0.3) is 0 Å². The van der Waals surface area contributed by atoms with Gasteiger partial charge in [-0.2, -0.15) is 8.42 Å². The second kappa shape index (κ2) is 5.29. The van der Waals surface area contributed by atoms with Gasteiger partial charge in [-0.15, -0.1) is 16.0 Å². The SMILES string of the molecule is CCCS(=O)(=O)ON1CCSc2ccccc21. The molecular formula is C11H15NO3S2. The second-order valence-corrected chi connectivity index (χ2v) is 6.56. The molecule has 94 valence electrons. The molecule has 1 aromatic carbocycles. The molecule has 0 radical (unpaired) electrons. The van der Waals surface area contributed by atoms with Gasteiger partial charge < -0.3 is 0 Å². The summed E-state index contributed by atoms with van der Waals surface area (Å²) in [6, 6.07) is 7.67. The van der Waals surface area contributed by atoms with Gasteiger partial charge >= 0.3 is 0 Å². The molecule has 1 aromatic rings. The Hall–Kier alpha value is -0.720. The number of thioether (sulfide) groups is 1. The van der Waals surface area contributed by atoms with E-state index in [4.69, 9.17) is 4.28 Å². The van der Waals surface area contributed by atoms with Gasteiger partial charge in [-0.3, -0.25) is 0 Å². The van der Waals surface area contributed by atoms with Crippen molar-refractivity contribution in [2.75, 3.05) is 23.1 Å². The normalized spacial score (nSPS) is 15.7. The van der Waals surface area contributed by atoms with Crippen molar-refractivity contribution >= 4 is 27.6 Å². The average molecular weight is 273 g/mol. The van der Waals surface area contributed by atoms with E-state index in [1.165, 1.54) is 5.06 Å². The minimum absolute atomic E-state index is 0.0544. The molecule has 4 nitrogen and oxygen atoms in total. The third-order valence-electron chi connectivity index (χ3n) is 2.34. The molecule has 0 unspecified atom stereocenters.